The van der Waals surface area contributed by atoms with Gasteiger partial charge in [0, 0.05) is 35.5 Å². The second kappa shape index (κ2) is 12.5. The number of hydrogen-bond acceptors (Lipinski definition) is 5. The van der Waals surface area contributed by atoms with Crippen molar-refractivity contribution in [1.29, 1.82) is 0 Å². The minimum absolute atomic E-state index is 0.152. The van der Waals surface area contributed by atoms with Crippen molar-refractivity contribution in [2.45, 2.75) is 13.3 Å². The largest absolute Gasteiger partial charge is 0.506 e. The summed E-state index contributed by atoms with van der Waals surface area (Å²) in [4.78, 5) is 21.9. The number of amides is 1. The van der Waals surface area contributed by atoms with Crippen LogP contribution in [0.5, 0.6) is 11.5 Å². The first kappa shape index (κ1) is 25.6. The Bertz CT molecular complexity index is 1210. The van der Waals surface area contributed by atoms with Crippen LogP contribution in [0.1, 0.15) is 13.3 Å². The fraction of sp³-hybridized carbons (Fsp3) is 0.208. The molecule has 4 rings (SSSR count). The molecule has 10 heteroatoms. The van der Waals surface area contributed by atoms with Gasteiger partial charge in [-0.1, -0.05) is 59.9 Å². The Morgan fingerprint density at radius 3 is 2.47 bits per heavy atom. The molecule has 0 unspecified atom stereocenters. The van der Waals surface area contributed by atoms with E-state index in [0.717, 1.165) is 11.8 Å². The van der Waals surface area contributed by atoms with Crippen LogP contribution in [0.3, 0.4) is 0 Å². The van der Waals surface area contributed by atoms with Crippen LogP contribution in [0.15, 0.2) is 67.4 Å². The van der Waals surface area contributed by atoms with Crippen molar-refractivity contribution in [3.05, 3.63) is 82.5 Å². The van der Waals surface area contributed by atoms with Crippen molar-refractivity contribution >= 4 is 51.7 Å². The Balaban J connectivity index is 0.000000243. The monoisotopic (exact) mass is 520 g/mol. The molecular weight excluding hydrogens is 499 g/mol. The molecule has 0 spiro atoms. The standard InChI is InChI=1S/C15H16Cl3N3O2.C9H7NO/c1-2-4-20(15(22)21-5-3-19-10-21)6-7-23-14-12(17)8-11(16)9-13(14)18;11-8-5-1-3-7-4-2-6-10-9(7)8/h3,5,8-10H,2,4,6-7H2,1H3;1-6,11H. The Labute approximate surface area is 212 Å². The molecule has 34 heavy (non-hydrogen) atoms. The van der Waals surface area contributed by atoms with Crippen LogP contribution < -0.4 is 4.74 Å². The molecule has 0 saturated carbocycles. The smallest absolute Gasteiger partial charge is 0.329 e. The van der Waals surface area contributed by atoms with Gasteiger partial charge < -0.3 is 14.7 Å². The number of pyridine rings is 1. The molecule has 2 aromatic carbocycles. The molecule has 2 heterocycles. The average molecular weight is 522 g/mol. The third kappa shape index (κ3) is 6.76. The van der Waals surface area contributed by atoms with Crippen LogP contribution in [0.25, 0.3) is 10.9 Å². The molecule has 0 saturated heterocycles. The summed E-state index contributed by atoms with van der Waals surface area (Å²) < 4.78 is 7.05. The van der Waals surface area contributed by atoms with Gasteiger partial charge in [0.05, 0.1) is 16.6 Å². The van der Waals surface area contributed by atoms with Gasteiger partial charge in [-0.25, -0.2) is 9.78 Å². The number of rotatable bonds is 6. The summed E-state index contributed by atoms with van der Waals surface area (Å²) in [7, 11) is 0. The Morgan fingerprint density at radius 1 is 1.09 bits per heavy atom. The summed E-state index contributed by atoms with van der Waals surface area (Å²) >= 11 is 18.0. The summed E-state index contributed by atoms with van der Waals surface area (Å²) in [6.07, 6.45) is 7.15. The van der Waals surface area contributed by atoms with E-state index in [9.17, 15) is 9.90 Å². The average Bonchev–Trinajstić information content (AvgIpc) is 3.35. The quantitative estimate of drug-likeness (QED) is 0.311. The molecule has 0 aliphatic rings. The third-order valence-electron chi connectivity index (χ3n) is 4.67. The first-order valence-corrected chi connectivity index (χ1v) is 11.6. The first-order valence-electron chi connectivity index (χ1n) is 10.5. The lowest BCUT2D eigenvalue weighted by atomic mass is 10.2. The first-order chi connectivity index (χ1) is 16.4. The maximum Gasteiger partial charge on any atom is 0.329 e. The van der Waals surface area contributed by atoms with E-state index in [1.165, 1.54) is 10.9 Å². The summed E-state index contributed by atoms with van der Waals surface area (Å²) in [6, 6.07) is 12.1. The molecule has 1 N–H and O–H groups in total. The highest BCUT2D eigenvalue weighted by molar-refractivity contribution is 6.40. The van der Waals surface area contributed by atoms with Crippen molar-refractivity contribution in [2.75, 3.05) is 19.7 Å². The van der Waals surface area contributed by atoms with E-state index in [1.807, 2.05) is 25.1 Å². The number of imidazole rings is 1. The number of halogens is 3. The van der Waals surface area contributed by atoms with Gasteiger partial charge in [-0.3, -0.25) is 9.55 Å². The van der Waals surface area contributed by atoms with E-state index in [0.29, 0.717) is 39.4 Å². The molecular formula is C24H23Cl3N4O3. The predicted octanol–water partition coefficient (Wildman–Crippen LogP) is 6.54. The number of para-hydroxylation sites is 1. The minimum Gasteiger partial charge on any atom is -0.506 e. The zero-order valence-electron chi connectivity index (χ0n) is 18.4. The Kier molecular flexibility index (Phi) is 9.39. The molecule has 0 radical (unpaired) electrons. The number of carbonyl (C=O) groups is 1. The maximum absolute atomic E-state index is 12.3. The van der Waals surface area contributed by atoms with Crippen molar-refractivity contribution < 1.29 is 14.6 Å². The Hall–Kier alpha value is -3.00. The van der Waals surface area contributed by atoms with Crippen LogP contribution >= 0.6 is 34.8 Å². The van der Waals surface area contributed by atoms with E-state index >= 15 is 0 Å². The van der Waals surface area contributed by atoms with Gasteiger partial charge in [0.2, 0.25) is 0 Å². The highest BCUT2D eigenvalue weighted by atomic mass is 35.5. The van der Waals surface area contributed by atoms with Crippen LogP contribution in [0.4, 0.5) is 4.79 Å². The Morgan fingerprint density at radius 2 is 1.82 bits per heavy atom. The molecule has 0 bridgehead atoms. The molecule has 0 atom stereocenters. The van der Waals surface area contributed by atoms with Gasteiger partial charge in [-0.15, -0.1) is 0 Å². The van der Waals surface area contributed by atoms with Gasteiger partial charge in [-0.05, 0) is 30.7 Å². The normalized spacial score (nSPS) is 10.5. The van der Waals surface area contributed by atoms with Crippen molar-refractivity contribution in [2.24, 2.45) is 0 Å². The van der Waals surface area contributed by atoms with Crippen LogP contribution in [-0.2, 0) is 0 Å². The molecule has 0 fully saturated rings. The van der Waals surface area contributed by atoms with Crippen LogP contribution in [0, 0.1) is 0 Å². The van der Waals surface area contributed by atoms with E-state index in [2.05, 4.69) is 9.97 Å². The molecule has 1 amide bonds. The highest BCUT2D eigenvalue weighted by Crippen LogP contribution is 2.35. The van der Waals surface area contributed by atoms with Gasteiger partial charge in [0.1, 0.15) is 24.2 Å². The van der Waals surface area contributed by atoms with Gasteiger partial charge in [0.25, 0.3) is 0 Å². The van der Waals surface area contributed by atoms with Crippen molar-refractivity contribution in [1.82, 2.24) is 19.4 Å². The number of carbonyl (C=O) groups excluding carboxylic acids is 1. The summed E-state index contributed by atoms with van der Waals surface area (Å²) in [5.74, 6) is 0.604. The number of phenols is 1. The molecule has 2 aromatic heterocycles. The lowest BCUT2D eigenvalue weighted by Gasteiger charge is -2.22. The number of nitrogens with zero attached hydrogens (tertiary/aromatic N) is 4. The third-order valence-corrected chi connectivity index (χ3v) is 5.45. The van der Waals surface area contributed by atoms with Crippen molar-refractivity contribution in [3.63, 3.8) is 0 Å². The van der Waals surface area contributed by atoms with Crippen LogP contribution in [0.2, 0.25) is 15.1 Å². The fourth-order valence-corrected chi connectivity index (χ4v) is 4.05. The van der Waals surface area contributed by atoms with Crippen LogP contribution in [-0.4, -0.2) is 50.3 Å². The second-order valence-corrected chi connectivity index (χ2v) is 8.39. The van der Waals surface area contributed by atoms with Gasteiger partial charge in [0.15, 0.2) is 5.75 Å². The maximum atomic E-state index is 12.3. The molecule has 0 aliphatic heterocycles. The van der Waals surface area contributed by atoms with E-state index < -0.39 is 0 Å². The number of benzene rings is 2. The van der Waals surface area contributed by atoms with Crippen molar-refractivity contribution in [3.8, 4) is 11.5 Å². The topological polar surface area (TPSA) is 80.5 Å². The van der Waals surface area contributed by atoms with Gasteiger partial charge in [-0.2, -0.15) is 0 Å². The number of phenolic OH excluding ortho intramolecular Hbond substituents is 1. The minimum atomic E-state index is -0.152. The van der Waals surface area contributed by atoms with E-state index in [4.69, 9.17) is 39.5 Å². The highest BCUT2D eigenvalue weighted by Gasteiger charge is 2.15. The number of hydrogen-bond donors (Lipinski definition) is 1. The summed E-state index contributed by atoms with van der Waals surface area (Å²) in [6.45, 7) is 3.28. The van der Waals surface area contributed by atoms with E-state index in [-0.39, 0.29) is 18.4 Å². The number of aromatic hydroxyl groups is 1. The summed E-state index contributed by atoms with van der Waals surface area (Å²) in [5.41, 5.74) is 0.662. The number of fused-ring (bicyclic) bond motifs is 1. The van der Waals surface area contributed by atoms with Gasteiger partial charge >= 0.3 is 6.03 Å². The molecule has 0 aliphatic carbocycles. The zero-order chi connectivity index (χ0) is 24.5. The SMILES string of the molecule is CCCN(CCOc1c(Cl)cc(Cl)cc1Cl)C(=O)n1ccnc1.Oc1cccc2cccnc12. The lowest BCUT2D eigenvalue weighted by molar-refractivity contribution is 0.184. The zero-order valence-corrected chi connectivity index (χ0v) is 20.6. The van der Waals surface area contributed by atoms with E-state index in [1.54, 1.807) is 47.8 Å². The fourth-order valence-electron chi connectivity index (χ4n) is 3.12. The number of ether oxygens (including phenoxy) is 1. The molecule has 7 nitrogen and oxygen atoms in total. The lowest BCUT2D eigenvalue weighted by Crippen LogP contribution is -2.37. The molecule has 178 valence electrons. The molecule has 4 aromatic rings. The number of aromatic nitrogens is 3. The second-order valence-electron chi connectivity index (χ2n) is 7.14. The predicted molar refractivity (Wildman–Crippen MR) is 135 cm³/mol. The summed E-state index contributed by atoms with van der Waals surface area (Å²) in [5, 5.41) is 11.4.